The number of rotatable bonds is 5. The maximum atomic E-state index is 13.9. The van der Waals surface area contributed by atoms with Gasteiger partial charge in [0, 0.05) is 29.2 Å². The molecule has 176 valence electrons. The number of aromatic nitrogens is 2. The third-order valence-electron chi connectivity index (χ3n) is 6.84. The molecule has 0 bridgehead atoms. The Morgan fingerprint density at radius 1 is 1.11 bits per heavy atom. The van der Waals surface area contributed by atoms with Gasteiger partial charge in [-0.15, -0.1) is 0 Å². The monoisotopic (exact) mass is 484 g/mol. The summed E-state index contributed by atoms with van der Waals surface area (Å²) >= 11 is 6.42. The molecule has 6 rings (SSSR count). The standard InChI is InChI=1S/C28H25ClN4O2/c1-35-25-9-8-20(29)15-22(25)26(27-31-23-4-2-3-5-24(23)32-27)33-16-19-7-6-18(14-21(19)28(33)34)17-10-12-30-13-11-17/h2-10,14-15,26,30H,11-13,16H2,1H3,(H,31,32). The Labute approximate surface area is 208 Å². The van der Waals surface area contributed by atoms with E-state index in [0.717, 1.165) is 52.8 Å². The van der Waals surface area contributed by atoms with Crippen molar-refractivity contribution in [2.24, 2.45) is 0 Å². The van der Waals surface area contributed by atoms with Crippen molar-refractivity contribution in [3.05, 3.63) is 99.8 Å². The van der Waals surface area contributed by atoms with Crippen LogP contribution in [0, 0.1) is 0 Å². The maximum Gasteiger partial charge on any atom is 0.255 e. The van der Waals surface area contributed by atoms with Crippen molar-refractivity contribution in [2.75, 3.05) is 20.2 Å². The highest BCUT2D eigenvalue weighted by atomic mass is 35.5. The largest absolute Gasteiger partial charge is 0.496 e. The van der Waals surface area contributed by atoms with E-state index in [4.69, 9.17) is 21.3 Å². The first-order valence-electron chi connectivity index (χ1n) is 11.7. The number of H-pyrrole nitrogens is 1. The van der Waals surface area contributed by atoms with Crippen LogP contribution < -0.4 is 10.1 Å². The molecule has 0 saturated heterocycles. The Bertz CT molecular complexity index is 1440. The van der Waals surface area contributed by atoms with Crippen LogP contribution in [-0.4, -0.2) is 41.0 Å². The predicted molar refractivity (Wildman–Crippen MR) is 138 cm³/mol. The van der Waals surface area contributed by atoms with E-state index in [9.17, 15) is 4.79 Å². The zero-order valence-corrected chi connectivity index (χ0v) is 20.1. The second-order valence-corrected chi connectivity index (χ2v) is 9.35. The van der Waals surface area contributed by atoms with E-state index in [1.165, 1.54) is 5.57 Å². The van der Waals surface area contributed by atoms with Gasteiger partial charge in [0.2, 0.25) is 0 Å². The molecule has 1 unspecified atom stereocenters. The Morgan fingerprint density at radius 3 is 2.80 bits per heavy atom. The minimum atomic E-state index is -0.488. The number of fused-ring (bicyclic) bond motifs is 2. The third kappa shape index (κ3) is 3.89. The molecule has 0 saturated carbocycles. The molecule has 35 heavy (non-hydrogen) atoms. The third-order valence-corrected chi connectivity index (χ3v) is 7.08. The van der Waals surface area contributed by atoms with Gasteiger partial charge in [0.25, 0.3) is 5.91 Å². The Morgan fingerprint density at radius 2 is 2.00 bits per heavy atom. The van der Waals surface area contributed by atoms with E-state index < -0.39 is 6.04 Å². The van der Waals surface area contributed by atoms with Crippen LogP contribution in [0.5, 0.6) is 5.75 Å². The molecule has 3 heterocycles. The molecule has 2 N–H and O–H groups in total. The van der Waals surface area contributed by atoms with Gasteiger partial charge in [0.1, 0.15) is 17.6 Å². The van der Waals surface area contributed by atoms with Crippen LogP contribution in [0.2, 0.25) is 5.02 Å². The van der Waals surface area contributed by atoms with Crippen LogP contribution in [0.3, 0.4) is 0 Å². The molecule has 4 aromatic rings. The number of halogens is 1. The first-order chi connectivity index (χ1) is 17.1. The van der Waals surface area contributed by atoms with Gasteiger partial charge in [-0.05, 0) is 66.1 Å². The SMILES string of the molecule is COc1ccc(Cl)cc1C(c1nc2ccccc2[nH]1)N1Cc2ccc(C3=CCNCC3)cc2C1=O. The lowest BCUT2D eigenvalue weighted by atomic mass is 9.97. The topological polar surface area (TPSA) is 70.2 Å². The smallest absolute Gasteiger partial charge is 0.255 e. The van der Waals surface area contributed by atoms with Gasteiger partial charge in [-0.25, -0.2) is 4.98 Å². The van der Waals surface area contributed by atoms with Crippen LogP contribution in [0.15, 0.2) is 66.7 Å². The zero-order chi connectivity index (χ0) is 23.9. The van der Waals surface area contributed by atoms with Gasteiger partial charge in [0.15, 0.2) is 0 Å². The molecule has 3 aromatic carbocycles. The summed E-state index contributed by atoms with van der Waals surface area (Å²) in [6.45, 7) is 2.29. The van der Waals surface area contributed by atoms with Crippen molar-refractivity contribution in [2.45, 2.75) is 19.0 Å². The second kappa shape index (κ2) is 8.87. The number of imidazole rings is 1. The minimum Gasteiger partial charge on any atom is -0.496 e. The molecule has 1 atom stereocenters. The fraction of sp³-hybridized carbons (Fsp3) is 0.214. The van der Waals surface area contributed by atoms with Crippen LogP contribution in [0.25, 0.3) is 16.6 Å². The number of amides is 1. The number of methoxy groups -OCH3 is 1. The summed E-state index contributed by atoms with van der Waals surface area (Å²) in [5, 5.41) is 3.92. The molecule has 7 heteroatoms. The molecular weight excluding hydrogens is 460 g/mol. The number of hydrogen-bond donors (Lipinski definition) is 2. The normalized spacial score (nSPS) is 16.3. The summed E-state index contributed by atoms with van der Waals surface area (Å²) in [7, 11) is 1.63. The van der Waals surface area contributed by atoms with Gasteiger partial charge in [-0.3, -0.25) is 4.79 Å². The zero-order valence-electron chi connectivity index (χ0n) is 19.3. The lowest BCUT2D eigenvalue weighted by molar-refractivity contribution is 0.0723. The van der Waals surface area contributed by atoms with Gasteiger partial charge in [-0.2, -0.15) is 0 Å². The van der Waals surface area contributed by atoms with E-state index >= 15 is 0 Å². The van der Waals surface area contributed by atoms with Gasteiger partial charge >= 0.3 is 0 Å². The first kappa shape index (κ1) is 21.9. The average molecular weight is 485 g/mol. The van der Waals surface area contributed by atoms with Crippen molar-refractivity contribution >= 4 is 34.1 Å². The molecule has 1 aromatic heterocycles. The van der Waals surface area contributed by atoms with Crippen molar-refractivity contribution in [1.82, 2.24) is 20.2 Å². The van der Waals surface area contributed by atoms with E-state index in [0.29, 0.717) is 23.1 Å². The molecule has 0 aliphatic carbocycles. The number of nitrogens with zero attached hydrogens (tertiary/aromatic N) is 2. The summed E-state index contributed by atoms with van der Waals surface area (Å²) in [5.41, 5.74) is 6.70. The molecule has 6 nitrogen and oxygen atoms in total. The highest BCUT2D eigenvalue weighted by molar-refractivity contribution is 6.30. The van der Waals surface area contributed by atoms with Crippen molar-refractivity contribution in [3.8, 4) is 5.75 Å². The molecule has 0 radical (unpaired) electrons. The van der Waals surface area contributed by atoms with Crippen molar-refractivity contribution in [1.29, 1.82) is 0 Å². The number of carbonyl (C=O) groups excluding carboxylic acids is 1. The number of carbonyl (C=O) groups is 1. The van der Waals surface area contributed by atoms with E-state index in [-0.39, 0.29) is 5.91 Å². The fourth-order valence-corrected chi connectivity index (χ4v) is 5.28. The second-order valence-electron chi connectivity index (χ2n) is 8.92. The summed E-state index contributed by atoms with van der Waals surface area (Å²) < 4.78 is 5.70. The van der Waals surface area contributed by atoms with Crippen molar-refractivity contribution in [3.63, 3.8) is 0 Å². The molecule has 2 aliphatic heterocycles. The summed E-state index contributed by atoms with van der Waals surface area (Å²) in [6.07, 6.45) is 3.16. The minimum absolute atomic E-state index is 0.0242. The van der Waals surface area contributed by atoms with Crippen LogP contribution in [0.4, 0.5) is 0 Å². The first-order valence-corrected chi connectivity index (χ1v) is 12.1. The molecular formula is C28H25ClN4O2. The molecule has 1 amide bonds. The Kier molecular flexibility index (Phi) is 5.55. The van der Waals surface area contributed by atoms with Crippen molar-refractivity contribution < 1.29 is 9.53 Å². The molecule has 0 fully saturated rings. The van der Waals surface area contributed by atoms with Crippen LogP contribution in [0.1, 0.15) is 45.3 Å². The van der Waals surface area contributed by atoms with E-state index in [1.807, 2.05) is 47.4 Å². The summed E-state index contributed by atoms with van der Waals surface area (Å²) in [5.74, 6) is 1.31. The Balaban J connectivity index is 1.46. The van der Waals surface area contributed by atoms with Gasteiger partial charge in [0.05, 0.1) is 18.1 Å². The van der Waals surface area contributed by atoms with Crippen LogP contribution in [-0.2, 0) is 6.54 Å². The maximum absolute atomic E-state index is 13.9. The molecule has 0 spiro atoms. The highest BCUT2D eigenvalue weighted by Crippen LogP contribution is 2.40. The lowest BCUT2D eigenvalue weighted by Crippen LogP contribution is -2.31. The van der Waals surface area contributed by atoms with E-state index in [1.54, 1.807) is 13.2 Å². The Hall–Kier alpha value is -3.61. The summed E-state index contributed by atoms with van der Waals surface area (Å²) in [4.78, 5) is 24.1. The number of benzene rings is 3. The lowest BCUT2D eigenvalue weighted by Gasteiger charge is -2.28. The number of nitrogens with one attached hydrogen (secondary N) is 2. The number of ether oxygens (including phenoxy) is 1. The quantitative estimate of drug-likeness (QED) is 0.401. The van der Waals surface area contributed by atoms with Gasteiger partial charge < -0.3 is 19.9 Å². The number of aromatic amines is 1. The van der Waals surface area contributed by atoms with Crippen LogP contribution >= 0.6 is 11.6 Å². The fourth-order valence-electron chi connectivity index (χ4n) is 5.10. The highest BCUT2D eigenvalue weighted by Gasteiger charge is 2.37. The predicted octanol–water partition coefficient (Wildman–Crippen LogP) is 5.35. The van der Waals surface area contributed by atoms with Gasteiger partial charge in [-0.1, -0.05) is 41.9 Å². The number of para-hydroxylation sites is 2. The average Bonchev–Trinajstić information content (AvgIpc) is 3.46. The summed E-state index contributed by atoms with van der Waals surface area (Å²) in [6, 6.07) is 19.1. The van der Waals surface area contributed by atoms with E-state index in [2.05, 4.69) is 28.5 Å². The molecule has 2 aliphatic rings. The number of hydrogen-bond acceptors (Lipinski definition) is 4.